The molecule has 0 saturated carbocycles. The van der Waals surface area contributed by atoms with Crippen molar-refractivity contribution in [1.29, 1.82) is 0 Å². The minimum Gasteiger partial charge on any atom is -0.472 e. The van der Waals surface area contributed by atoms with Gasteiger partial charge in [0.1, 0.15) is 12.0 Å². The summed E-state index contributed by atoms with van der Waals surface area (Å²) in [5.41, 5.74) is 7.08. The number of carbonyl (C=O) groups is 1. The minimum atomic E-state index is -0.265. The summed E-state index contributed by atoms with van der Waals surface area (Å²) in [7, 11) is 0. The third-order valence-corrected chi connectivity index (χ3v) is 3.71. The van der Waals surface area contributed by atoms with E-state index in [1.54, 1.807) is 18.6 Å². The second-order valence-corrected chi connectivity index (χ2v) is 5.06. The van der Waals surface area contributed by atoms with Crippen LogP contribution in [-0.4, -0.2) is 28.4 Å². The fourth-order valence-electron chi connectivity index (χ4n) is 2.61. The Morgan fingerprint density at radius 2 is 2.45 bits per heavy atom. The summed E-state index contributed by atoms with van der Waals surface area (Å²) in [5.74, 6) is 1.04. The van der Waals surface area contributed by atoms with Crippen LogP contribution in [0.15, 0.2) is 27.4 Å². The zero-order valence-electron chi connectivity index (χ0n) is 11.3. The first-order chi connectivity index (χ1) is 9.65. The average molecular weight is 275 g/mol. The third-order valence-electron chi connectivity index (χ3n) is 3.71. The second kappa shape index (κ2) is 5.13. The molecule has 2 N–H and O–H groups in total. The molecule has 3 heterocycles. The molecular weight excluding hydrogens is 258 g/mol. The SMILES string of the molecule is Cc1oc(-c2ccoc2)nc1CN1CCC[C@H]1C(N)=O. The van der Waals surface area contributed by atoms with Crippen LogP contribution < -0.4 is 5.73 Å². The molecule has 20 heavy (non-hydrogen) atoms. The van der Waals surface area contributed by atoms with Gasteiger partial charge in [-0.05, 0) is 32.4 Å². The Hall–Kier alpha value is -2.08. The number of nitrogens with zero attached hydrogens (tertiary/aromatic N) is 2. The van der Waals surface area contributed by atoms with Crippen LogP contribution in [0.3, 0.4) is 0 Å². The van der Waals surface area contributed by atoms with E-state index >= 15 is 0 Å². The van der Waals surface area contributed by atoms with Crippen LogP contribution >= 0.6 is 0 Å². The van der Waals surface area contributed by atoms with E-state index in [1.165, 1.54) is 0 Å². The van der Waals surface area contributed by atoms with E-state index < -0.39 is 0 Å². The number of nitrogens with two attached hydrogens (primary N) is 1. The van der Waals surface area contributed by atoms with Gasteiger partial charge < -0.3 is 14.6 Å². The Balaban J connectivity index is 1.79. The van der Waals surface area contributed by atoms with Crippen LogP contribution in [-0.2, 0) is 11.3 Å². The average Bonchev–Trinajstić information content (AvgIpc) is 3.11. The van der Waals surface area contributed by atoms with Crippen LogP contribution in [0.2, 0.25) is 0 Å². The molecule has 0 radical (unpaired) electrons. The van der Waals surface area contributed by atoms with Crippen molar-refractivity contribution in [3.8, 4) is 11.5 Å². The Morgan fingerprint density at radius 1 is 1.60 bits per heavy atom. The number of primary amides is 1. The molecule has 0 aromatic carbocycles. The molecule has 1 aliphatic heterocycles. The molecule has 1 atom stereocenters. The quantitative estimate of drug-likeness (QED) is 0.917. The molecule has 0 aliphatic carbocycles. The lowest BCUT2D eigenvalue weighted by Gasteiger charge is -2.20. The number of furan rings is 1. The molecule has 3 rings (SSSR count). The van der Waals surface area contributed by atoms with E-state index in [9.17, 15) is 4.79 Å². The number of oxazole rings is 1. The number of aromatic nitrogens is 1. The molecule has 6 heteroatoms. The molecule has 1 fully saturated rings. The maximum atomic E-state index is 11.4. The van der Waals surface area contributed by atoms with Gasteiger partial charge in [0.25, 0.3) is 0 Å². The number of likely N-dealkylation sites (tertiary alicyclic amines) is 1. The summed E-state index contributed by atoms with van der Waals surface area (Å²) < 4.78 is 10.7. The summed E-state index contributed by atoms with van der Waals surface area (Å²) in [6, 6.07) is 1.61. The maximum absolute atomic E-state index is 11.4. The highest BCUT2D eigenvalue weighted by atomic mass is 16.4. The number of carbonyl (C=O) groups excluding carboxylic acids is 1. The molecule has 0 unspecified atom stereocenters. The van der Waals surface area contributed by atoms with E-state index in [-0.39, 0.29) is 11.9 Å². The van der Waals surface area contributed by atoms with Gasteiger partial charge in [-0.1, -0.05) is 0 Å². The van der Waals surface area contributed by atoms with Gasteiger partial charge in [-0.25, -0.2) is 4.98 Å². The van der Waals surface area contributed by atoms with Crippen molar-refractivity contribution in [3.05, 3.63) is 30.0 Å². The van der Waals surface area contributed by atoms with Crippen LogP contribution in [0.5, 0.6) is 0 Å². The van der Waals surface area contributed by atoms with Crippen LogP contribution in [0, 0.1) is 6.92 Å². The number of aryl methyl sites for hydroxylation is 1. The highest BCUT2D eigenvalue weighted by molar-refractivity contribution is 5.80. The predicted molar refractivity (Wildman–Crippen MR) is 71.6 cm³/mol. The van der Waals surface area contributed by atoms with Gasteiger partial charge in [0.15, 0.2) is 0 Å². The summed E-state index contributed by atoms with van der Waals surface area (Å²) >= 11 is 0. The highest BCUT2D eigenvalue weighted by Gasteiger charge is 2.30. The lowest BCUT2D eigenvalue weighted by Crippen LogP contribution is -2.39. The van der Waals surface area contributed by atoms with Crippen molar-refractivity contribution in [2.75, 3.05) is 6.54 Å². The van der Waals surface area contributed by atoms with Gasteiger partial charge in [-0.2, -0.15) is 0 Å². The van der Waals surface area contributed by atoms with Crippen molar-refractivity contribution < 1.29 is 13.6 Å². The fourth-order valence-corrected chi connectivity index (χ4v) is 2.61. The fraction of sp³-hybridized carbons (Fsp3) is 0.429. The Kier molecular flexibility index (Phi) is 3.31. The normalized spacial score (nSPS) is 19.6. The second-order valence-electron chi connectivity index (χ2n) is 5.06. The molecular formula is C14H17N3O3. The zero-order chi connectivity index (χ0) is 14.1. The van der Waals surface area contributed by atoms with E-state index in [0.717, 1.165) is 36.4 Å². The summed E-state index contributed by atoms with van der Waals surface area (Å²) in [6.45, 7) is 3.32. The molecule has 2 aromatic heterocycles. The molecule has 106 valence electrons. The Morgan fingerprint density at radius 3 is 3.15 bits per heavy atom. The minimum absolute atomic E-state index is 0.191. The molecule has 0 spiro atoms. The van der Waals surface area contributed by atoms with Gasteiger partial charge in [0.05, 0.1) is 23.6 Å². The van der Waals surface area contributed by atoms with E-state index in [0.29, 0.717) is 12.4 Å². The lowest BCUT2D eigenvalue weighted by molar-refractivity contribution is -0.122. The summed E-state index contributed by atoms with van der Waals surface area (Å²) in [6.07, 6.45) is 4.98. The van der Waals surface area contributed by atoms with Gasteiger partial charge in [0, 0.05) is 6.54 Å². The summed E-state index contributed by atoms with van der Waals surface area (Å²) in [5, 5.41) is 0. The topological polar surface area (TPSA) is 85.5 Å². The van der Waals surface area contributed by atoms with Gasteiger partial charge in [-0.3, -0.25) is 9.69 Å². The first-order valence-corrected chi connectivity index (χ1v) is 6.67. The van der Waals surface area contributed by atoms with Gasteiger partial charge in [-0.15, -0.1) is 0 Å². The van der Waals surface area contributed by atoms with Crippen LogP contribution in [0.1, 0.15) is 24.3 Å². The summed E-state index contributed by atoms with van der Waals surface area (Å²) in [4.78, 5) is 18.0. The van der Waals surface area contributed by atoms with Crippen molar-refractivity contribution >= 4 is 5.91 Å². The van der Waals surface area contributed by atoms with E-state index in [1.807, 2.05) is 6.92 Å². The number of hydrogen-bond donors (Lipinski definition) is 1. The molecule has 1 saturated heterocycles. The Labute approximate surface area is 116 Å². The van der Waals surface area contributed by atoms with Crippen molar-refractivity contribution in [2.24, 2.45) is 5.73 Å². The predicted octanol–water partition coefficient (Wildman–Crippen LogP) is 1.69. The van der Waals surface area contributed by atoms with Crippen LogP contribution in [0.4, 0.5) is 0 Å². The number of hydrogen-bond acceptors (Lipinski definition) is 5. The molecule has 0 bridgehead atoms. The van der Waals surface area contributed by atoms with E-state index in [2.05, 4.69) is 9.88 Å². The zero-order valence-corrected chi connectivity index (χ0v) is 11.3. The van der Waals surface area contributed by atoms with E-state index in [4.69, 9.17) is 14.6 Å². The highest BCUT2D eigenvalue weighted by Crippen LogP contribution is 2.25. The largest absolute Gasteiger partial charge is 0.472 e. The molecule has 2 aromatic rings. The lowest BCUT2D eigenvalue weighted by atomic mass is 10.2. The van der Waals surface area contributed by atoms with Crippen molar-refractivity contribution in [3.63, 3.8) is 0 Å². The van der Waals surface area contributed by atoms with Crippen molar-refractivity contribution in [1.82, 2.24) is 9.88 Å². The van der Waals surface area contributed by atoms with Gasteiger partial charge in [0.2, 0.25) is 11.8 Å². The van der Waals surface area contributed by atoms with Crippen molar-refractivity contribution in [2.45, 2.75) is 32.4 Å². The molecule has 6 nitrogen and oxygen atoms in total. The maximum Gasteiger partial charge on any atom is 0.234 e. The first-order valence-electron chi connectivity index (χ1n) is 6.67. The first kappa shape index (κ1) is 12.9. The molecule has 1 aliphatic rings. The Bertz CT molecular complexity index is 603. The number of rotatable bonds is 4. The standard InChI is InChI=1S/C14H17N3O3/c1-9-11(7-17-5-2-3-12(17)13(15)18)16-14(20-9)10-4-6-19-8-10/h4,6,8,12H,2-3,5,7H2,1H3,(H2,15,18)/t12-/m0/s1. The third kappa shape index (κ3) is 2.34. The number of amides is 1. The van der Waals surface area contributed by atoms with Crippen LogP contribution in [0.25, 0.3) is 11.5 Å². The monoisotopic (exact) mass is 275 g/mol. The smallest absolute Gasteiger partial charge is 0.234 e. The molecule has 1 amide bonds. The van der Waals surface area contributed by atoms with Gasteiger partial charge >= 0.3 is 0 Å².